The van der Waals surface area contributed by atoms with E-state index in [2.05, 4.69) is 9.97 Å². The van der Waals surface area contributed by atoms with E-state index >= 15 is 0 Å². The number of halogens is 1. The van der Waals surface area contributed by atoms with Crippen LogP contribution in [-0.4, -0.2) is 43.5 Å². The zero-order chi connectivity index (χ0) is 13.2. The average Bonchev–Trinajstić information content (AvgIpc) is 2.24. The highest BCUT2D eigenvalue weighted by molar-refractivity contribution is 6.31. The smallest absolute Gasteiger partial charge is 0.413 e. The predicted octanol–water partition coefficient (Wildman–Crippen LogP) is 1.09. The Hall–Kier alpha value is -1.60. The molecule has 0 spiro atoms. The quantitative estimate of drug-likeness (QED) is 0.703. The van der Waals surface area contributed by atoms with Gasteiger partial charge in [0.1, 0.15) is 6.33 Å². The summed E-state index contributed by atoms with van der Waals surface area (Å²) in [6, 6.07) is 0. The van der Waals surface area contributed by atoms with Gasteiger partial charge >= 0.3 is 6.09 Å². The van der Waals surface area contributed by atoms with Gasteiger partial charge in [0.25, 0.3) is 0 Å². The van der Waals surface area contributed by atoms with Gasteiger partial charge in [0.15, 0.2) is 16.7 Å². The third-order valence-electron chi connectivity index (χ3n) is 2.15. The van der Waals surface area contributed by atoms with Crippen LogP contribution in [0.15, 0.2) is 6.33 Å². The minimum Gasteiger partial charge on any atom is -0.502 e. The lowest BCUT2D eigenvalue weighted by Gasteiger charge is -2.33. The average molecular weight is 262 g/mol. The van der Waals surface area contributed by atoms with Crippen molar-refractivity contribution in [3.63, 3.8) is 0 Å². The molecule has 94 valence electrons. The first-order valence-corrected chi connectivity index (χ1v) is 5.02. The second-order valence-electron chi connectivity index (χ2n) is 3.93. The van der Waals surface area contributed by atoms with Crippen LogP contribution in [0.2, 0.25) is 5.15 Å². The van der Waals surface area contributed by atoms with Crippen molar-refractivity contribution in [3.8, 4) is 5.75 Å². The molecule has 1 rings (SSSR count). The fourth-order valence-corrected chi connectivity index (χ4v) is 1.35. The zero-order valence-electron chi connectivity index (χ0n) is 9.25. The van der Waals surface area contributed by atoms with Gasteiger partial charge in [-0.15, -0.1) is 0 Å². The first-order chi connectivity index (χ1) is 7.81. The maximum absolute atomic E-state index is 11.2. The molecule has 8 heteroatoms. The van der Waals surface area contributed by atoms with Gasteiger partial charge in [-0.05, 0) is 13.8 Å². The van der Waals surface area contributed by atoms with Gasteiger partial charge in [0.2, 0.25) is 0 Å². The number of carboxylic acid groups (broad SMARTS) is 1. The van der Waals surface area contributed by atoms with Crippen LogP contribution in [0.3, 0.4) is 0 Å². The lowest BCUT2D eigenvalue weighted by Crippen LogP contribution is -2.50. The van der Waals surface area contributed by atoms with E-state index in [-0.39, 0.29) is 11.0 Å². The maximum atomic E-state index is 11.2. The summed E-state index contributed by atoms with van der Waals surface area (Å²) in [6.45, 7) is 2.52. The number of rotatable bonds is 3. The van der Waals surface area contributed by atoms with E-state index in [1.165, 1.54) is 13.8 Å². The summed E-state index contributed by atoms with van der Waals surface area (Å²) in [6.07, 6.45) is -0.338. The largest absolute Gasteiger partial charge is 0.502 e. The minimum atomic E-state index is -1.37. The van der Waals surface area contributed by atoms with Gasteiger partial charge < -0.3 is 15.3 Å². The van der Waals surface area contributed by atoms with E-state index in [0.717, 1.165) is 11.2 Å². The van der Waals surface area contributed by atoms with E-state index in [9.17, 15) is 15.0 Å². The molecule has 0 atom stereocenters. The lowest BCUT2D eigenvalue weighted by molar-refractivity contribution is 0.172. The first-order valence-electron chi connectivity index (χ1n) is 4.64. The summed E-state index contributed by atoms with van der Waals surface area (Å²) in [4.78, 5) is 19.1. The lowest BCUT2D eigenvalue weighted by atomic mass is 10.1. The number of amides is 1. The molecular formula is C9H12ClN3O4. The molecule has 0 aromatic carbocycles. The highest BCUT2D eigenvalue weighted by atomic mass is 35.5. The number of hydrogen-bond donors (Lipinski definition) is 3. The fourth-order valence-electron chi connectivity index (χ4n) is 1.22. The van der Waals surface area contributed by atoms with E-state index in [1.807, 2.05) is 0 Å². The van der Waals surface area contributed by atoms with Crippen molar-refractivity contribution in [3.05, 3.63) is 11.5 Å². The van der Waals surface area contributed by atoms with Gasteiger partial charge in [-0.25, -0.2) is 14.8 Å². The molecule has 0 saturated heterocycles. The third-order valence-corrected chi connectivity index (χ3v) is 2.43. The van der Waals surface area contributed by atoms with Crippen molar-refractivity contribution in [2.45, 2.75) is 19.4 Å². The second kappa shape index (κ2) is 4.72. The standard InChI is InChI=1S/C9H12ClN3O4/c1-9(2,3-14)13(8(16)17)7-5(15)6(10)11-4-12-7/h4,14-15H,3H2,1-2H3,(H,16,17). The predicted molar refractivity (Wildman–Crippen MR) is 60.4 cm³/mol. The van der Waals surface area contributed by atoms with E-state index in [4.69, 9.17) is 16.7 Å². The monoisotopic (exact) mass is 261 g/mol. The molecule has 1 aromatic rings. The molecule has 0 saturated carbocycles. The SMILES string of the molecule is CC(C)(CO)N(C(=O)O)c1ncnc(Cl)c1O. The number of anilines is 1. The Morgan fingerprint density at radius 2 is 2.12 bits per heavy atom. The Kier molecular flexibility index (Phi) is 3.74. The molecule has 0 bridgehead atoms. The summed E-state index contributed by atoms with van der Waals surface area (Å²) in [5.74, 6) is -0.811. The number of nitrogens with zero attached hydrogens (tertiary/aromatic N) is 3. The van der Waals surface area contributed by atoms with Crippen LogP contribution in [0.4, 0.5) is 10.6 Å². The summed E-state index contributed by atoms with van der Waals surface area (Å²) in [5.41, 5.74) is -1.15. The topological polar surface area (TPSA) is 107 Å². The molecule has 1 amide bonds. The van der Waals surface area contributed by atoms with Crippen molar-refractivity contribution >= 4 is 23.5 Å². The molecule has 7 nitrogen and oxygen atoms in total. The third kappa shape index (κ3) is 2.56. The van der Waals surface area contributed by atoms with Crippen molar-refractivity contribution in [2.24, 2.45) is 0 Å². The number of aliphatic hydroxyl groups excluding tert-OH is 1. The van der Waals surface area contributed by atoms with Crippen LogP contribution in [0.5, 0.6) is 5.75 Å². The number of hydrogen-bond acceptors (Lipinski definition) is 5. The molecular weight excluding hydrogens is 250 g/mol. The van der Waals surface area contributed by atoms with Crippen LogP contribution in [0, 0.1) is 0 Å². The number of carbonyl (C=O) groups is 1. The number of aromatic hydroxyl groups is 1. The Morgan fingerprint density at radius 3 is 2.59 bits per heavy atom. The second-order valence-corrected chi connectivity index (χ2v) is 4.28. The van der Waals surface area contributed by atoms with Crippen molar-refractivity contribution in [1.29, 1.82) is 0 Å². The van der Waals surface area contributed by atoms with Gasteiger partial charge in [-0.3, -0.25) is 4.90 Å². The van der Waals surface area contributed by atoms with Crippen LogP contribution in [0.25, 0.3) is 0 Å². The van der Waals surface area contributed by atoms with Crippen LogP contribution < -0.4 is 4.90 Å². The highest BCUT2D eigenvalue weighted by Gasteiger charge is 2.35. The zero-order valence-corrected chi connectivity index (χ0v) is 10.0. The summed E-state index contributed by atoms with van der Waals surface area (Å²) in [7, 11) is 0. The molecule has 0 fully saturated rings. The van der Waals surface area contributed by atoms with Gasteiger partial charge in [0.05, 0.1) is 12.1 Å². The summed E-state index contributed by atoms with van der Waals surface area (Å²) in [5, 5.41) is 27.7. The molecule has 1 aromatic heterocycles. The van der Waals surface area contributed by atoms with Crippen LogP contribution in [-0.2, 0) is 0 Å². The minimum absolute atomic E-state index is 0.255. The highest BCUT2D eigenvalue weighted by Crippen LogP contribution is 2.33. The molecule has 0 unspecified atom stereocenters. The molecule has 0 radical (unpaired) electrons. The number of aliphatic hydroxyl groups is 1. The molecule has 17 heavy (non-hydrogen) atoms. The van der Waals surface area contributed by atoms with E-state index in [1.54, 1.807) is 0 Å². The molecule has 0 aliphatic rings. The van der Waals surface area contributed by atoms with Crippen LogP contribution >= 0.6 is 11.6 Å². The molecule has 0 aliphatic heterocycles. The van der Waals surface area contributed by atoms with Crippen LogP contribution in [0.1, 0.15) is 13.8 Å². The van der Waals surface area contributed by atoms with Crippen molar-refractivity contribution < 1.29 is 20.1 Å². The molecule has 0 aliphatic carbocycles. The first kappa shape index (κ1) is 13.5. The van der Waals surface area contributed by atoms with Crippen molar-refractivity contribution in [2.75, 3.05) is 11.5 Å². The molecule has 3 N–H and O–H groups in total. The maximum Gasteiger partial charge on any atom is 0.413 e. The van der Waals surface area contributed by atoms with E-state index < -0.39 is 24.0 Å². The van der Waals surface area contributed by atoms with Gasteiger partial charge in [-0.1, -0.05) is 11.6 Å². The van der Waals surface area contributed by atoms with Gasteiger partial charge in [0, 0.05) is 0 Å². The Labute approximate surface area is 102 Å². The Balaban J connectivity index is 3.34. The molecule has 1 heterocycles. The summed E-state index contributed by atoms with van der Waals surface area (Å²) < 4.78 is 0. The Morgan fingerprint density at radius 1 is 1.53 bits per heavy atom. The Bertz CT molecular complexity index is 438. The van der Waals surface area contributed by atoms with E-state index in [0.29, 0.717) is 0 Å². The summed E-state index contributed by atoms with van der Waals surface area (Å²) >= 11 is 5.57. The van der Waals surface area contributed by atoms with Gasteiger partial charge in [-0.2, -0.15) is 0 Å². The normalized spacial score (nSPS) is 11.3. The van der Waals surface area contributed by atoms with Crippen molar-refractivity contribution in [1.82, 2.24) is 9.97 Å². The fraction of sp³-hybridized carbons (Fsp3) is 0.444. The number of aromatic nitrogens is 2.